The van der Waals surface area contributed by atoms with Crippen LogP contribution in [0, 0.1) is 12.8 Å². The zero-order valence-electron chi connectivity index (χ0n) is 21.6. The molecule has 4 rings (SSSR count). The van der Waals surface area contributed by atoms with Gasteiger partial charge in [0.05, 0.1) is 30.8 Å². The van der Waals surface area contributed by atoms with Crippen LogP contribution < -0.4 is 15.2 Å². The fourth-order valence-electron chi connectivity index (χ4n) is 5.16. The van der Waals surface area contributed by atoms with E-state index < -0.39 is 49.3 Å². The first-order chi connectivity index (χ1) is 18.6. The topological polar surface area (TPSA) is 192 Å². The third-order valence-electron chi connectivity index (χ3n) is 7.27. The number of ether oxygens (including phenoxy) is 3. The maximum absolute atomic E-state index is 13.2. The number of nitrogens with two attached hydrogens (primary N) is 1. The quantitative estimate of drug-likeness (QED) is 0.250. The number of Topliss-reactive ketones (excluding diaryl/α,β-unsaturated/α-hetero) is 1. The zero-order chi connectivity index (χ0) is 28.4. The highest BCUT2D eigenvalue weighted by molar-refractivity contribution is 8.76. The molecule has 2 aromatic rings. The normalized spacial score (nSPS) is 30.4. The predicted octanol–water partition coefficient (Wildman–Crippen LogP) is 0.835. The minimum absolute atomic E-state index is 0.0537. The molecule has 216 valence electrons. The van der Waals surface area contributed by atoms with Crippen LogP contribution in [0.2, 0.25) is 0 Å². The first kappa shape index (κ1) is 30.2. The van der Waals surface area contributed by atoms with E-state index >= 15 is 0 Å². The number of rotatable bonds is 4. The summed E-state index contributed by atoms with van der Waals surface area (Å²) in [7, 11) is 4.25. The highest BCUT2D eigenvalue weighted by Gasteiger charge is 2.49. The smallest absolute Gasteiger partial charge is 0.229 e. The van der Waals surface area contributed by atoms with Gasteiger partial charge < -0.3 is 50.6 Å². The molecule has 1 fully saturated rings. The van der Waals surface area contributed by atoms with E-state index in [0.717, 1.165) is 0 Å². The average molecular weight is 586 g/mol. The van der Waals surface area contributed by atoms with Crippen LogP contribution in [0.5, 0.6) is 17.2 Å². The SMILES string of the molecule is COc1cc2c3c(O)c(c(C)cc3c1CO)C(=O)CCSSCC(CCN)C(O)C1OC(O2)C(O)C(O)C1O. The average Bonchev–Trinajstić information content (AvgIpc) is 2.91. The summed E-state index contributed by atoms with van der Waals surface area (Å²) < 4.78 is 17.3. The number of ketones is 1. The van der Waals surface area contributed by atoms with Gasteiger partial charge in [0, 0.05) is 29.6 Å². The molecule has 2 heterocycles. The highest BCUT2D eigenvalue weighted by Crippen LogP contribution is 2.45. The Morgan fingerprint density at radius 1 is 1.10 bits per heavy atom. The number of hydrogen-bond acceptors (Lipinski definition) is 13. The van der Waals surface area contributed by atoms with Crippen molar-refractivity contribution in [3.8, 4) is 17.2 Å². The fraction of sp³-hybridized carbons (Fsp3) is 0.577. The Hall–Kier alpha value is -1.81. The molecular formula is C26H35NO10S2. The Labute approximate surface area is 233 Å². The summed E-state index contributed by atoms with van der Waals surface area (Å²) in [6.45, 7) is 1.51. The van der Waals surface area contributed by atoms with Gasteiger partial charge in [0.25, 0.3) is 0 Å². The Kier molecular flexibility index (Phi) is 9.89. The lowest BCUT2D eigenvalue weighted by atomic mass is 9.88. The third kappa shape index (κ3) is 5.83. The molecule has 2 aliphatic heterocycles. The van der Waals surface area contributed by atoms with Crippen molar-refractivity contribution >= 4 is 38.1 Å². The molecule has 0 saturated carbocycles. The maximum atomic E-state index is 13.2. The molecule has 7 unspecified atom stereocenters. The summed E-state index contributed by atoms with van der Waals surface area (Å²) in [6, 6.07) is 3.03. The number of aromatic hydroxyl groups is 1. The molecule has 0 amide bonds. The summed E-state index contributed by atoms with van der Waals surface area (Å²) >= 11 is 0. The van der Waals surface area contributed by atoms with Gasteiger partial charge in [-0.2, -0.15) is 0 Å². The number of aryl methyl sites for hydroxylation is 1. The van der Waals surface area contributed by atoms with Gasteiger partial charge in [-0.25, -0.2) is 0 Å². The van der Waals surface area contributed by atoms with Gasteiger partial charge in [-0.15, -0.1) is 0 Å². The first-order valence-electron chi connectivity index (χ1n) is 12.6. The maximum Gasteiger partial charge on any atom is 0.229 e. The lowest BCUT2D eigenvalue weighted by Crippen LogP contribution is -2.63. The molecule has 7 atom stereocenters. The highest BCUT2D eigenvalue weighted by atomic mass is 33.1. The monoisotopic (exact) mass is 585 g/mol. The summed E-state index contributed by atoms with van der Waals surface area (Å²) in [4.78, 5) is 13.2. The minimum atomic E-state index is -1.73. The summed E-state index contributed by atoms with van der Waals surface area (Å²) in [5.74, 6) is -0.0477. The van der Waals surface area contributed by atoms with Gasteiger partial charge in [0.1, 0.15) is 41.7 Å². The van der Waals surface area contributed by atoms with Gasteiger partial charge in [-0.3, -0.25) is 4.79 Å². The van der Waals surface area contributed by atoms with Gasteiger partial charge in [0.2, 0.25) is 6.29 Å². The lowest BCUT2D eigenvalue weighted by molar-refractivity contribution is -0.291. The number of methoxy groups -OCH3 is 1. The van der Waals surface area contributed by atoms with Crippen LogP contribution in [0.3, 0.4) is 0 Å². The largest absolute Gasteiger partial charge is 0.506 e. The van der Waals surface area contributed by atoms with Crippen LogP contribution in [-0.4, -0.2) is 98.4 Å². The second-order valence-corrected chi connectivity index (χ2v) is 12.3. The molecule has 8 N–H and O–H groups in total. The van der Waals surface area contributed by atoms with E-state index in [0.29, 0.717) is 34.4 Å². The van der Waals surface area contributed by atoms with Crippen molar-refractivity contribution in [2.24, 2.45) is 11.7 Å². The van der Waals surface area contributed by atoms with E-state index in [1.54, 1.807) is 13.0 Å². The number of benzene rings is 2. The number of aliphatic hydroxyl groups excluding tert-OH is 5. The standard InChI is InChI=1S/C26H35NO10S2/c1-11-7-13-14(9-28)16(35-2)8-17-19(13)21(31)18(11)15(29)4-6-38-39-10-12(3-5-27)20(30)25-23(33)22(32)24(34)26(36-17)37-25/h7-8,12,20,22-26,28,30-34H,3-6,9-10,27H2,1-2H3. The Balaban J connectivity index is 1.90. The molecule has 39 heavy (non-hydrogen) atoms. The second-order valence-electron chi connectivity index (χ2n) is 9.72. The van der Waals surface area contributed by atoms with Crippen molar-refractivity contribution in [2.45, 2.75) is 63.2 Å². The van der Waals surface area contributed by atoms with Crippen LogP contribution in [0.4, 0.5) is 0 Å². The van der Waals surface area contributed by atoms with Crippen molar-refractivity contribution in [1.29, 1.82) is 0 Å². The number of phenolic OH excluding ortho intramolecular Hbond substituents is 1. The Morgan fingerprint density at radius 2 is 1.85 bits per heavy atom. The van der Waals surface area contributed by atoms with Crippen molar-refractivity contribution in [1.82, 2.24) is 0 Å². The molecule has 0 aromatic heterocycles. The molecular weight excluding hydrogens is 550 g/mol. The molecule has 4 bridgehead atoms. The first-order valence-corrected chi connectivity index (χ1v) is 15.1. The summed E-state index contributed by atoms with van der Waals surface area (Å²) in [6.07, 6.45) is -8.68. The molecule has 13 heteroatoms. The number of fused-ring (bicyclic) bond motifs is 3. The van der Waals surface area contributed by atoms with Crippen molar-refractivity contribution in [3.63, 3.8) is 0 Å². The minimum Gasteiger partial charge on any atom is -0.506 e. The molecule has 0 aliphatic carbocycles. The Morgan fingerprint density at radius 3 is 2.51 bits per heavy atom. The van der Waals surface area contributed by atoms with Crippen LogP contribution in [-0.2, 0) is 11.3 Å². The van der Waals surface area contributed by atoms with E-state index in [1.807, 2.05) is 0 Å². The number of aliphatic hydroxyl groups is 5. The van der Waals surface area contributed by atoms with Gasteiger partial charge in [-0.1, -0.05) is 21.6 Å². The van der Waals surface area contributed by atoms with Crippen molar-refractivity contribution in [3.05, 3.63) is 28.8 Å². The van der Waals surface area contributed by atoms with Crippen molar-refractivity contribution < 1.29 is 49.6 Å². The second kappa shape index (κ2) is 12.8. The molecule has 0 radical (unpaired) electrons. The van der Waals surface area contributed by atoms with Crippen LogP contribution in [0.1, 0.15) is 34.3 Å². The lowest BCUT2D eigenvalue weighted by Gasteiger charge is -2.43. The number of carbonyl (C=O) groups is 1. The molecule has 11 nitrogen and oxygen atoms in total. The van der Waals surface area contributed by atoms with E-state index in [2.05, 4.69) is 0 Å². The number of phenols is 1. The van der Waals surface area contributed by atoms with E-state index in [9.17, 15) is 35.4 Å². The third-order valence-corrected chi connectivity index (χ3v) is 9.78. The molecule has 2 aliphatic rings. The summed E-state index contributed by atoms with van der Waals surface area (Å²) in [5, 5.41) is 65.2. The zero-order valence-corrected chi connectivity index (χ0v) is 23.3. The van der Waals surface area contributed by atoms with Crippen molar-refractivity contribution in [2.75, 3.05) is 25.2 Å². The van der Waals surface area contributed by atoms with Crippen LogP contribution in [0.15, 0.2) is 12.1 Å². The van der Waals surface area contributed by atoms with E-state index in [1.165, 1.54) is 34.8 Å². The fourth-order valence-corrected chi connectivity index (χ4v) is 7.59. The molecule has 1 saturated heterocycles. The van der Waals surface area contributed by atoms with Crippen LogP contribution in [0.25, 0.3) is 10.8 Å². The number of hydrogen-bond donors (Lipinski definition) is 7. The number of carbonyl (C=O) groups excluding carboxylic acids is 1. The van der Waals surface area contributed by atoms with Crippen LogP contribution >= 0.6 is 21.6 Å². The molecule has 0 spiro atoms. The van der Waals surface area contributed by atoms with E-state index in [4.69, 9.17) is 19.9 Å². The summed E-state index contributed by atoms with van der Waals surface area (Å²) in [5.41, 5.74) is 6.71. The predicted molar refractivity (Wildman–Crippen MR) is 147 cm³/mol. The van der Waals surface area contributed by atoms with Gasteiger partial charge in [-0.05, 0) is 42.8 Å². The van der Waals surface area contributed by atoms with E-state index in [-0.39, 0.29) is 46.9 Å². The Bertz CT molecular complexity index is 1200. The van der Waals surface area contributed by atoms with Gasteiger partial charge in [0.15, 0.2) is 5.78 Å². The van der Waals surface area contributed by atoms with Gasteiger partial charge >= 0.3 is 0 Å². The molecule has 2 aromatic carbocycles.